The number of esters is 1. The molecule has 32 heavy (non-hydrogen) atoms. The highest BCUT2D eigenvalue weighted by molar-refractivity contribution is 7.92. The molecule has 1 amide bonds. The van der Waals surface area contributed by atoms with E-state index in [2.05, 4.69) is 10.0 Å². The van der Waals surface area contributed by atoms with Crippen LogP contribution < -0.4 is 10.0 Å². The molecular weight excluding hydrogens is 452 g/mol. The molecule has 0 saturated carbocycles. The molecule has 0 aliphatic carbocycles. The molecule has 9 heteroatoms. The van der Waals surface area contributed by atoms with E-state index in [0.29, 0.717) is 11.1 Å². The summed E-state index contributed by atoms with van der Waals surface area (Å²) in [5, 5.41) is 2.83. The lowest BCUT2D eigenvalue weighted by atomic mass is 10.1. The van der Waals surface area contributed by atoms with E-state index in [4.69, 9.17) is 16.3 Å². The van der Waals surface area contributed by atoms with Gasteiger partial charge in [-0.3, -0.25) is 9.52 Å². The van der Waals surface area contributed by atoms with Gasteiger partial charge in [-0.05, 0) is 55.0 Å². The first-order valence-electron chi connectivity index (χ1n) is 9.54. The highest BCUT2D eigenvalue weighted by atomic mass is 35.5. The third-order valence-corrected chi connectivity index (χ3v) is 6.41. The standard InChI is InChI=1S/C23H21ClN2O5S/c1-15-6-5-7-17(10-15)22(27)25-14-16-11-18(23(28)31-2)13-19(12-16)26-32(29,30)21-9-4-3-8-20(21)24/h3-13,26H,14H2,1-2H3,(H,25,27). The molecule has 0 aliphatic rings. The summed E-state index contributed by atoms with van der Waals surface area (Å²) in [4.78, 5) is 24.5. The highest BCUT2D eigenvalue weighted by Crippen LogP contribution is 2.25. The molecule has 0 radical (unpaired) electrons. The van der Waals surface area contributed by atoms with E-state index >= 15 is 0 Å². The molecule has 0 bridgehead atoms. The number of nitrogens with one attached hydrogen (secondary N) is 2. The molecule has 0 spiro atoms. The van der Waals surface area contributed by atoms with Crippen LogP contribution in [0.2, 0.25) is 5.02 Å². The molecule has 3 rings (SSSR count). The minimum absolute atomic E-state index is 0.0646. The van der Waals surface area contributed by atoms with Crippen molar-refractivity contribution in [2.24, 2.45) is 0 Å². The number of hydrogen-bond acceptors (Lipinski definition) is 5. The summed E-state index contributed by atoms with van der Waals surface area (Å²) >= 11 is 6.02. The summed E-state index contributed by atoms with van der Waals surface area (Å²) < 4.78 is 32.8. The van der Waals surface area contributed by atoms with Crippen LogP contribution in [-0.4, -0.2) is 27.4 Å². The Kier molecular flexibility index (Phi) is 7.17. The number of sulfonamides is 1. The minimum Gasteiger partial charge on any atom is -0.465 e. The Bertz CT molecular complexity index is 1270. The molecule has 0 fully saturated rings. The van der Waals surface area contributed by atoms with Crippen molar-refractivity contribution in [1.29, 1.82) is 0 Å². The summed E-state index contributed by atoms with van der Waals surface area (Å²) in [7, 11) is -2.79. The van der Waals surface area contributed by atoms with Crippen molar-refractivity contribution in [3.63, 3.8) is 0 Å². The molecule has 3 aromatic rings. The van der Waals surface area contributed by atoms with E-state index in [-0.39, 0.29) is 33.6 Å². The fraction of sp³-hybridized carbons (Fsp3) is 0.130. The normalized spacial score (nSPS) is 11.0. The van der Waals surface area contributed by atoms with Crippen molar-refractivity contribution in [2.75, 3.05) is 11.8 Å². The van der Waals surface area contributed by atoms with Crippen LogP contribution in [0.15, 0.2) is 71.6 Å². The van der Waals surface area contributed by atoms with Gasteiger partial charge in [-0.15, -0.1) is 0 Å². The number of carbonyl (C=O) groups excluding carboxylic acids is 2. The average Bonchev–Trinajstić information content (AvgIpc) is 2.76. The predicted molar refractivity (Wildman–Crippen MR) is 122 cm³/mol. The van der Waals surface area contributed by atoms with Crippen LogP contribution in [0.3, 0.4) is 0 Å². The Balaban J connectivity index is 1.87. The number of carbonyl (C=O) groups is 2. The van der Waals surface area contributed by atoms with Crippen LogP contribution in [0.25, 0.3) is 0 Å². The molecule has 0 unspecified atom stereocenters. The molecule has 3 aromatic carbocycles. The van der Waals surface area contributed by atoms with Crippen LogP contribution in [0, 0.1) is 6.92 Å². The van der Waals surface area contributed by atoms with Crippen LogP contribution >= 0.6 is 11.6 Å². The molecule has 0 heterocycles. The van der Waals surface area contributed by atoms with Crippen LogP contribution in [-0.2, 0) is 21.3 Å². The van der Waals surface area contributed by atoms with Gasteiger partial charge in [0.1, 0.15) is 4.90 Å². The van der Waals surface area contributed by atoms with E-state index in [1.807, 2.05) is 13.0 Å². The molecule has 0 atom stereocenters. The number of halogens is 1. The SMILES string of the molecule is COC(=O)c1cc(CNC(=O)c2cccc(C)c2)cc(NS(=O)(=O)c2ccccc2Cl)c1. The third kappa shape index (κ3) is 5.66. The quantitative estimate of drug-likeness (QED) is 0.502. The maximum atomic E-state index is 12.8. The molecular formula is C23H21ClN2O5S. The Morgan fingerprint density at radius 1 is 0.969 bits per heavy atom. The zero-order valence-electron chi connectivity index (χ0n) is 17.4. The van der Waals surface area contributed by atoms with Gasteiger partial charge in [-0.2, -0.15) is 0 Å². The van der Waals surface area contributed by atoms with Gasteiger partial charge in [0.25, 0.3) is 15.9 Å². The fourth-order valence-electron chi connectivity index (χ4n) is 3.03. The number of benzene rings is 3. The maximum Gasteiger partial charge on any atom is 0.337 e. The van der Waals surface area contributed by atoms with Crippen molar-refractivity contribution in [3.05, 3.63) is 94.0 Å². The molecule has 0 aromatic heterocycles. The zero-order chi connectivity index (χ0) is 23.3. The van der Waals surface area contributed by atoms with Crippen molar-refractivity contribution in [2.45, 2.75) is 18.4 Å². The number of aryl methyl sites for hydroxylation is 1. The number of amides is 1. The molecule has 7 nitrogen and oxygen atoms in total. The molecule has 0 saturated heterocycles. The largest absolute Gasteiger partial charge is 0.465 e. The summed E-state index contributed by atoms with van der Waals surface area (Å²) in [5.41, 5.74) is 2.21. The summed E-state index contributed by atoms with van der Waals surface area (Å²) in [5.74, 6) is -0.939. The number of rotatable bonds is 7. The van der Waals surface area contributed by atoms with Crippen molar-refractivity contribution in [3.8, 4) is 0 Å². The fourth-order valence-corrected chi connectivity index (χ4v) is 4.59. The van der Waals surface area contributed by atoms with Gasteiger partial charge in [0.2, 0.25) is 0 Å². The van der Waals surface area contributed by atoms with Crippen molar-refractivity contribution < 1.29 is 22.7 Å². The van der Waals surface area contributed by atoms with E-state index in [0.717, 1.165) is 5.56 Å². The smallest absolute Gasteiger partial charge is 0.337 e. The van der Waals surface area contributed by atoms with Crippen LogP contribution in [0.4, 0.5) is 5.69 Å². The number of ether oxygens (including phenoxy) is 1. The lowest BCUT2D eigenvalue weighted by Crippen LogP contribution is -2.23. The third-order valence-electron chi connectivity index (χ3n) is 4.53. The summed E-state index contributed by atoms with van der Waals surface area (Å²) in [6, 6.07) is 17.5. The molecule has 2 N–H and O–H groups in total. The minimum atomic E-state index is -4.01. The van der Waals surface area contributed by atoms with Gasteiger partial charge in [0.15, 0.2) is 0 Å². The molecule has 0 aliphatic heterocycles. The highest BCUT2D eigenvalue weighted by Gasteiger charge is 2.19. The Labute approximate surface area is 191 Å². The van der Waals surface area contributed by atoms with Crippen molar-refractivity contribution >= 4 is 39.2 Å². The first-order valence-corrected chi connectivity index (χ1v) is 11.4. The zero-order valence-corrected chi connectivity index (χ0v) is 19.0. The van der Waals surface area contributed by atoms with Gasteiger partial charge in [0.05, 0.1) is 23.4 Å². The van der Waals surface area contributed by atoms with Crippen LogP contribution in [0.5, 0.6) is 0 Å². The first-order chi connectivity index (χ1) is 15.2. The van der Waals surface area contributed by atoms with E-state index in [9.17, 15) is 18.0 Å². The van der Waals surface area contributed by atoms with Crippen LogP contribution in [0.1, 0.15) is 31.8 Å². The number of hydrogen-bond donors (Lipinski definition) is 2. The maximum absolute atomic E-state index is 12.8. The van der Waals surface area contributed by atoms with E-state index < -0.39 is 16.0 Å². The first kappa shape index (κ1) is 23.3. The van der Waals surface area contributed by atoms with Gasteiger partial charge >= 0.3 is 5.97 Å². The van der Waals surface area contributed by atoms with Crippen molar-refractivity contribution in [1.82, 2.24) is 5.32 Å². The van der Waals surface area contributed by atoms with E-state index in [1.54, 1.807) is 30.3 Å². The topological polar surface area (TPSA) is 102 Å². The van der Waals surface area contributed by atoms with E-state index in [1.165, 1.54) is 37.4 Å². The predicted octanol–water partition coefficient (Wildman–Crippen LogP) is 4.17. The molecule has 166 valence electrons. The second kappa shape index (κ2) is 9.84. The van der Waals surface area contributed by atoms with Gasteiger partial charge in [-0.25, -0.2) is 13.2 Å². The monoisotopic (exact) mass is 472 g/mol. The average molecular weight is 473 g/mol. The summed E-state index contributed by atoms with van der Waals surface area (Å²) in [6.07, 6.45) is 0. The lowest BCUT2D eigenvalue weighted by molar-refractivity contribution is 0.0600. The number of methoxy groups -OCH3 is 1. The lowest BCUT2D eigenvalue weighted by Gasteiger charge is -2.13. The Morgan fingerprint density at radius 2 is 1.72 bits per heavy atom. The van der Waals surface area contributed by atoms with Gasteiger partial charge < -0.3 is 10.1 Å². The van der Waals surface area contributed by atoms with Gasteiger partial charge in [0, 0.05) is 12.1 Å². The Morgan fingerprint density at radius 3 is 2.41 bits per heavy atom. The second-order valence-corrected chi connectivity index (χ2v) is 9.06. The Hall–Kier alpha value is -3.36. The number of anilines is 1. The van der Waals surface area contributed by atoms with Gasteiger partial charge in [-0.1, -0.05) is 41.4 Å². The second-order valence-electron chi connectivity index (χ2n) is 7.00. The summed E-state index contributed by atoms with van der Waals surface area (Å²) in [6.45, 7) is 1.95.